The van der Waals surface area contributed by atoms with Crippen molar-refractivity contribution in [2.75, 3.05) is 0 Å². The van der Waals surface area contributed by atoms with Crippen molar-refractivity contribution in [3.05, 3.63) is 53.3 Å². The summed E-state index contributed by atoms with van der Waals surface area (Å²) in [4.78, 5) is 15.3. The number of benzene rings is 2. The number of aromatic nitrogens is 1. The number of carbonyl (C=O) groups is 1. The third kappa shape index (κ3) is 2.03. The lowest BCUT2D eigenvalue weighted by atomic mass is 10.1. The number of halogens is 1. The van der Waals surface area contributed by atoms with Crippen LogP contribution in [-0.2, 0) is 0 Å². The van der Waals surface area contributed by atoms with E-state index in [1.165, 1.54) is 18.2 Å². The van der Waals surface area contributed by atoms with E-state index in [9.17, 15) is 9.18 Å². The number of fused-ring (bicyclic) bond motifs is 1. The number of aromatic carboxylic acids is 1. The molecule has 1 aromatic heterocycles. The minimum absolute atomic E-state index is 0.0608. The van der Waals surface area contributed by atoms with Gasteiger partial charge in [-0.2, -0.15) is 0 Å². The van der Waals surface area contributed by atoms with Gasteiger partial charge in [0.15, 0.2) is 5.58 Å². The van der Waals surface area contributed by atoms with Gasteiger partial charge in [0, 0.05) is 5.56 Å². The first kappa shape index (κ1) is 12.3. The molecule has 3 rings (SSSR count). The van der Waals surface area contributed by atoms with Crippen LogP contribution in [0.25, 0.3) is 22.6 Å². The van der Waals surface area contributed by atoms with Gasteiger partial charge in [-0.15, -0.1) is 0 Å². The summed E-state index contributed by atoms with van der Waals surface area (Å²) in [7, 11) is 0. The Balaban J connectivity index is 2.23. The van der Waals surface area contributed by atoms with Gasteiger partial charge in [0.1, 0.15) is 11.3 Å². The fourth-order valence-corrected chi connectivity index (χ4v) is 2.10. The molecule has 0 aliphatic carbocycles. The summed E-state index contributed by atoms with van der Waals surface area (Å²) in [5, 5.41) is 9.11. The Morgan fingerprint density at radius 3 is 2.80 bits per heavy atom. The third-order valence-corrected chi connectivity index (χ3v) is 2.94. The van der Waals surface area contributed by atoms with E-state index in [1.54, 1.807) is 25.1 Å². The molecule has 0 radical (unpaired) electrons. The van der Waals surface area contributed by atoms with E-state index in [1.807, 2.05) is 0 Å². The highest BCUT2D eigenvalue weighted by Gasteiger charge is 2.15. The van der Waals surface area contributed by atoms with Crippen LogP contribution in [0, 0.1) is 12.7 Å². The maximum atomic E-state index is 13.4. The molecular weight excluding hydrogens is 261 g/mol. The first-order chi connectivity index (χ1) is 9.54. The van der Waals surface area contributed by atoms with Crippen LogP contribution in [0.15, 0.2) is 40.8 Å². The van der Waals surface area contributed by atoms with Crippen molar-refractivity contribution in [2.24, 2.45) is 0 Å². The number of aryl methyl sites for hydroxylation is 1. The molecule has 0 amide bonds. The highest BCUT2D eigenvalue weighted by Crippen LogP contribution is 2.27. The summed E-state index contributed by atoms with van der Waals surface area (Å²) < 4.78 is 18.9. The second kappa shape index (κ2) is 4.45. The van der Waals surface area contributed by atoms with Crippen molar-refractivity contribution in [3.63, 3.8) is 0 Å². The van der Waals surface area contributed by atoms with Crippen LogP contribution in [0.2, 0.25) is 0 Å². The van der Waals surface area contributed by atoms with E-state index < -0.39 is 5.97 Å². The van der Waals surface area contributed by atoms with Crippen molar-refractivity contribution >= 4 is 17.1 Å². The van der Waals surface area contributed by atoms with Crippen LogP contribution in [0.5, 0.6) is 0 Å². The fraction of sp³-hybridized carbons (Fsp3) is 0.0667. The smallest absolute Gasteiger partial charge is 0.338 e. The van der Waals surface area contributed by atoms with Gasteiger partial charge >= 0.3 is 5.97 Å². The average molecular weight is 271 g/mol. The molecule has 20 heavy (non-hydrogen) atoms. The lowest BCUT2D eigenvalue weighted by Crippen LogP contribution is -1.96. The molecule has 3 aromatic rings. The molecule has 5 heteroatoms. The van der Waals surface area contributed by atoms with Gasteiger partial charge in [-0.25, -0.2) is 14.2 Å². The van der Waals surface area contributed by atoms with E-state index in [0.717, 1.165) is 5.56 Å². The van der Waals surface area contributed by atoms with Gasteiger partial charge in [0.25, 0.3) is 0 Å². The summed E-state index contributed by atoms with van der Waals surface area (Å²) in [6.45, 7) is 1.76. The monoisotopic (exact) mass is 271 g/mol. The molecule has 0 aliphatic rings. The van der Waals surface area contributed by atoms with Gasteiger partial charge < -0.3 is 9.52 Å². The molecule has 2 aromatic carbocycles. The largest absolute Gasteiger partial charge is 0.478 e. The normalized spacial score (nSPS) is 10.9. The van der Waals surface area contributed by atoms with Crippen LogP contribution in [-0.4, -0.2) is 16.1 Å². The third-order valence-electron chi connectivity index (χ3n) is 2.94. The quantitative estimate of drug-likeness (QED) is 0.772. The number of rotatable bonds is 2. The Morgan fingerprint density at radius 2 is 2.10 bits per heavy atom. The SMILES string of the molecule is Cc1cc(F)cc(-c2nc3c(C(=O)O)cccc3o2)c1. The molecule has 100 valence electrons. The van der Waals surface area contributed by atoms with Gasteiger partial charge in [-0.1, -0.05) is 6.07 Å². The number of carboxylic acids is 1. The van der Waals surface area contributed by atoms with E-state index in [0.29, 0.717) is 11.1 Å². The van der Waals surface area contributed by atoms with Crippen LogP contribution in [0.3, 0.4) is 0 Å². The second-order valence-corrected chi connectivity index (χ2v) is 4.49. The minimum atomic E-state index is -1.08. The van der Waals surface area contributed by atoms with Crippen molar-refractivity contribution in [1.29, 1.82) is 0 Å². The van der Waals surface area contributed by atoms with Crippen molar-refractivity contribution in [2.45, 2.75) is 6.92 Å². The molecule has 1 N–H and O–H groups in total. The summed E-state index contributed by atoms with van der Waals surface area (Å²) >= 11 is 0. The Labute approximate surface area is 113 Å². The second-order valence-electron chi connectivity index (χ2n) is 4.49. The number of para-hydroxylation sites is 1. The molecule has 0 fully saturated rings. The van der Waals surface area contributed by atoms with Gasteiger partial charge in [-0.3, -0.25) is 0 Å². The Kier molecular flexibility index (Phi) is 2.75. The number of hydrogen-bond acceptors (Lipinski definition) is 3. The Bertz CT molecular complexity index is 803. The van der Waals surface area contributed by atoms with Crippen LogP contribution >= 0.6 is 0 Å². The molecule has 0 atom stereocenters. The molecule has 0 unspecified atom stereocenters. The molecule has 0 saturated carbocycles. The minimum Gasteiger partial charge on any atom is -0.478 e. The lowest BCUT2D eigenvalue weighted by molar-refractivity contribution is 0.0699. The standard InChI is InChI=1S/C15H10FNO3/c1-8-5-9(7-10(16)6-8)14-17-13-11(15(18)19)3-2-4-12(13)20-14/h2-7H,1H3,(H,18,19). The van der Waals surface area contributed by atoms with Gasteiger partial charge in [-0.05, 0) is 42.8 Å². The van der Waals surface area contributed by atoms with Gasteiger partial charge in [0.2, 0.25) is 5.89 Å². The van der Waals surface area contributed by atoms with Crippen LogP contribution in [0.1, 0.15) is 15.9 Å². The van der Waals surface area contributed by atoms with Gasteiger partial charge in [0.05, 0.1) is 5.56 Å². The number of hydrogen-bond donors (Lipinski definition) is 1. The first-order valence-electron chi connectivity index (χ1n) is 5.95. The van der Waals surface area contributed by atoms with Crippen LogP contribution < -0.4 is 0 Å². The summed E-state index contributed by atoms with van der Waals surface area (Å²) in [5.74, 6) is -1.26. The van der Waals surface area contributed by atoms with E-state index in [-0.39, 0.29) is 22.8 Å². The fourth-order valence-electron chi connectivity index (χ4n) is 2.10. The zero-order valence-corrected chi connectivity index (χ0v) is 10.6. The molecule has 4 nitrogen and oxygen atoms in total. The van der Waals surface area contributed by atoms with Crippen LogP contribution in [0.4, 0.5) is 4.39 Å². The summed E-state index contributed by atoms with van der Waals surface area (Å²) in [6, 6.07) is 9.09. The molecular formula is C15H10FNO3. The predicted octanol–water partition coefficient (Wildman–Crippen LogP) is 3.64. The number of nitrogens with zero attached hydrogens (tertiary/aromatic N) is 1. The molecule has 0 saturated heterocycles. The Morgan fingerprint density at radius 1 is 1.30 bits per heavy atom. The van der Waals surface area contributed by atoms with E-state index >= 15 is 0 Å². The predicted molar refractivity (Wildman–Crippen MR) is 71.1 cm³/mol. The summed E-state index contributed by atoms with van der Waals surface area (Å²) in [6.07, 6.45) is 0. The molecule has 0 aliphatic heterocycles. The van der Waals surface area contributed by atoms with Crippen molar-refractivity contribution in [3.8, 4) is 11.5 Å². The van der Waals surface area contributed by atoms with Crippen molar-refractivity contribution in [1.82, 2.24) is 4.98 Å². The molecule has 1 heterocycles. The zero-order chi connectivity index (χ0) is 14.3. The number of oxazole rings is 1. The number of carboxylic acid groups (broad SMARTS) is 1. The molecule has 0 bridgehead atoms. The zero-order valence-electron chi connectivity index (χ0n) is 10.6. The summed E-state index contributed by atoms with van der Waals surface area (Å²) in [5.41, 5.74) is 1.90. The lowest BCUT2D eigenvalue weighted by Gasteiger charge is -1.98. The topological polar surface area (TPSA) is 63.3 Å². The highest BCUT2D eigenvalue weighted by molar-refractivity contribution is 6.00. The maximum Gasteiger partial charge on any atom is 0.338 e. The maximum absolute atomic E-state index is 13.4. The first-order valence-corrected chi connectivity index (χ1v) is 5.95. The van der Waals surface area contributed by atoms with Crippen molar-refractivity contribution < 1.29 is 18.7 Å². The average Bonchev–Trinajstić information content (AvgIpc) is 2.80. The highest BCUT2D eigenvalue weighted by atomic mass is 19.1. The Hall–Kier alpha value is -2.69. The van der Waals surface area contributed by atoms with E-state index in [4.69, 9.17) is 9.52 Å². The van der Waals surface area contributed by atoms with E-state index in [2.05, 4.69) is 4.98 Å². The molecule has 0 spiro atoms.